The van der Waals surface area contributed by atoms with Gasteiger partial charge in [0.25, 0.3) is 0 Å². The second kappa shape index (κ2) is 7.07. The van der Waals surface area contributed by atoms with Crippen LogP contribution in [-0.2, 0) is 6.42 Å². The molecule has 1 aliphatic rings. The number of piperidine rings is 1. The molecule has 4 heteroatoms. The summed E-state index contributed by atoms with van der Waals surface area (Å²) in [4.78, 5) is 14.2. The van der Waals surface area contributed by atoms with Crippen molar-refractivity contribution in [1.82, 2.24) is 14.9 Å². The van der Waals surface area contributed by atoms with Gasteiger partial charge in [-0.1, -0.05) is 30.3 Å². The predicted molar refractivity (Wildman–Crippen MR) is 85.6 cm³/mol. The van der Waals surface area contributed by atoms with Gasteiger partial charge in [0.15, 0.2) is 0 Å². The van der Waals surface area contributed by atoms with Crippen LogP contribution in [0.15, 0.2) is 47.8 Å². The van der Waals surface area contributed by atoms with Crippen LogP contribution in [-0.4, -0.2) is 40.8 Å². The lowest BCUT2D eigenvalue weighted by Gasteiger charge is -2.29. The third kappa shape index (κ3) is 3.94. The number of nitrogens with zero attached hydrogens (tertiary/aromatic N) is 3. The molecule has 110 valence electrons. The Balaban J connectivity index is 1.40. The topological polar surface area (TPSA) is 44.3 Å². The second-order valence-corrected chi connectivity index (χ2v) is 5.57. The fraction of sp³-hybridized carbons (Fsp3) is 0.412. The zero-order valence-corrected chi connectivity index (χ0v) is 12.3. The number of likely N-dealkylation sites (tertiary alicyclic amines) is 1. The van der Waals surface area contributed by atoms with Crippen molar-refractivity contribution in [2.45, 2.75) is 25.2 Å². The van der Waals surface area contributed by atoms with Crippen LogP contribution in [0.2, 0.25) is 0 Å². The van der Waals surface area contributed by atoms with E-state index in [-0.39, 0.29) is 0 Å². The zero-order valence-electron chi connectivity index (χ0n) is 12.3. The number of aromatic amines is 1. The van der Waals surface area contributed by atoms with Gasteiger partial charge in [0.2, 0.25) is 0 Å². The number of benzene rings is 1. The number of aromatic nitrogens is 2. The van der Waals surface area contributed by atoms with Crippen molar-refractivity contribution < 1.29 is 0 Å². The summed E-state index contributed by atoms with van der Waals surface area (Å²) >= 11 is 0. The van der Waals surface area contributed by atoms with E-state index in [1.807, 2.05) is 12.5 Å². The maximum absolute atomic E-state index is 4.56. The van der Waals surface area contributed by atoms with Gasteiger partial charge in [-0.3, -0.25) is 4.99 Å². The lowest BCUT2D eigenvalue weighted by atomic mass is 9.94. The smallest absolute Gasteiger partial charge is 0.0921 e. The van der Waals surface area contributed by atoms with Crippen LogP contribution in [0.1, 0.15) is 30.0 Å². The molecule has 1 aliphatic heterocycles. The molecular formula is C17H22N4. The van der Waals surface area contributed by atoms with Crippen molar-refractivity contribution >= 4 is 6.34 Å². The summed E-state index contributed by atoms with van der Waals surface area (Å²) in [5, 5.41) is 0. The molecule has 0 radical (unpaired) electrons. The zero-order chi connectivity index (χ0) is 14.3. The Hall–Kier alpha value is -2.10. The Morgan fingerprint density at radius 1 is 1.24 bits per heavy atom. The normalized spacial score (nSPS) is 16.7. The van der Waals surface area contributed by atoms with Gasteiger partial charge in [-0.2, -0.15) is 0 Å². The SMILES string of the molecule is C(=NCCc1ccccc1)N1CCC(c2cnc[nH]2)CC1. The predicted octanol–water partition coefficient (Wildman–Crippen LogP) is 2.86. The molecule has 0 spiro atoms. The van der Waals surface area contributed by atoms with E-state index in [2.05, 4.69) is 50.2 Å². The molecule has 1 aromatic heterocycles. The lowest BCUT2D eigenvalue weighted by Crippen LogP contribution is -2.32. The Bertz CT molecular complexity index is 539. The van der Waals surface area contributed by atoms with E-state index in [1.165, 1.54) is 24.1 Å². The minimum Gasteiger partial charge on any atom is -0.363 e. The average Bonchev–Trinajstić information content (AvgIpc) is 3.08. The van der Waals surface area contributed by atoms with Crippen LogP contribution >= 0.6 is 0 Å². The van der Waals surface area contributed by atoms with E-state index in [1.54, 1.807) is 6.33 Å². The average molecular weight is 282 g/mol. The number of aliphatic imine (C=N–C) groups is 1. The number of nitrogens with one attached hydrogen (secondary N) is 1. The first-order chi connectivity index (χ1) is 10.4. The molecule has 1 aromatic carbocycles. The number of H-pyrrole nitrogens is 1. The Kier molecular flexibility index (Phi) is 4.66. The third-order valence-corrected chi connectivity index (χ3v) is 4.11. The van der Waals surface area contributed by atoms with E-state index < -0.39 is 0 Å². The maximum atomic E-state index is 4.56. The molecule has 2 aromatic rings. The molecular weight excluding hydrogens is 260 g/mol. The number of hydrogen-bond acceptors (Lipinski definition) is 2. The highest BCUT2D eigenvalue weighted by molar-refractivity contribution is 5.55. The molecule has 0 atom stereocenters. The van der Waals surface area contributed by atoms with Crippen LogP contribution in [0.5, 0.6) is 0 Å². The number of rotatable bonds is 5. The summed E-state index contributed by atoms with van der Waals surface area (Å²) in [6.07, 6.45) is 9.12. The molecule has 0 amide bonds. The molecule has 1 N–H and O–H groups in total. The fourth-order valence-corrected chi connectivity index (χ4v) is 2.83. The molecule has 0 aliphatic carbocycles. The van der Waals surface area contributed by atoms with Crippen molar-refractivity contribution in [2.75, 3.05) is 19.6 Å². The summed E-state index contributed by atoms with van der Waals surface area (Å²) in [7, 11) is 0. The quantitative estimate of drug-likeness (QED) is 0.677. The maximum Gasteiger partial charge on any atom is 0.0921 e. The minimum absolute atomic E-state index is 0.626. The second-order valence-electron chi connectivity index (χ2n) is 5.57. The van der Waals surface area contributed by atoms with Gasteiger partial charge in [0.1, 0.15) is 0 Å². The highest BCUT2D eigenvalue weighted by Gasteiger charge is 2.19. The van der Waals surface area contributed by atoms with Crippen LogP contribution in [0.3, 0.4) is 0 Å². The molecule has 0 bridgehead atoms. The molecule has 0 saturated carbocycles. The first-order valence-corrected chi connectivity index (χ1v) is 7.68. The van der Waals surface area contributed by atoms with Gasteiger partial charge in [-0.25, -0.2) is 4.98 Å². The van der Waals surface area contributed by atoms with Crippen LogP contribution < -0.4 is 0 Å². The molecule has 3 rings (SSSR count). The standard InChI is InChI=1S/C17H22N4/c1-2-4-15(5-3-1)6-9-18-14-21-10-7-16(8-11-21)17-12-19-13-20-17/h1-5,12-14,16H,6-11H2,(H,19,20). The monoisotopic (exact) mass is 282 g/mol. The minimum atomic E-state index is 0.626. The number of imidazole rings is 1. The van der Waals surface area contributed by atoms with Crippen molar-refractivity contribution in [3.8, 4) is 0 Å². The van der Waals surface area contributed by atoms with E-state index in [4.69, 9.17) is 0 Å². The van der Waals surface area contributed by atoms with Crippen molar-refractivity contribution in [3.63, 3.8) is 0 Å². The first-order valence-electron chi connectivity index (χ1n) is 7.68. The molecule has 2 heterocycles. The third-order valence-electron chi connectivity index (χ3n) is 4.11. The molecule has 1 saturated heterocycles. The van der Waals surface area contributed by atoms with E-state index >= 15 is 0 Å². The summed E-state index contributed by atoms with van der Waals surface area (Å²) < 4.78 is 0. The van der Waals surface area contributed by atoms with Crippen LogP contribution in [0, 0.1) is 0 Å². The van der Waals surface area contributed by atoms with Crippen LogP contribution in [0.4, 0.5) is 0 Å². The van der Waals surface area contributed by atoms with Gasteiger partial charge >= 0.3 is 0 Å². The molecule has 4 nitrogen and oxygen atoms in total. The van der Waals surface area contributed by atoms with Gasteiger partial charge in [0, 0.05) is 37.4 Å². The van der Waals surface area contributed by atoms with Gasteiger partial charge in [0.05, 0.1) is 12.7 Å². The summed E-state index contributed by atoms with van der Waals surface area (Å²) in [5.74, 6) is 0.626. The van der Waals surface area contributed by atoms with Gasteiger partial charge in [-0.15, -0.1) is 0 Å². The van der Waals surface area contributed by atoms with E-state index in [0.29, 0.717) is 5.92 Å². The van der Waals surface area contributed by atoms with Crippen LogP contribution in [0.25, 0.3) is 0 Å². The summed E-state index contributed by atoms with van der Waals surface area (Å²) in [6.45, 7) is 3.03. The Labute approximate surface area is 125 Å². The molecule has 0 unspecified atom stereocenters. The van der Waals surface area contributed by atoms with E-state index in [0.717, 1.165) is 26.1 Å². The lowest BCUT2D eigenvalue weighted by molar-refractivity contribution is 0.317. The number of hydrogen-bond donors (Lipinski definition) is 1. The van der Waals surface area contributed by atoms with Gasteiger partial charge < -0.3 is 9.88 Å². The fourth-order valence-electron chi connectivity index (χ4n) is 2.83. The highest BCUT2D eigenvalue weighted by Crippen LogP contribution is 2.25. The van der Waals surface area contributed by atoms with Crippen molar-refractivity contribution in [3.05, 3.63) is 54.1 Å². The Morgan fingerprint density at radius 3 is 2.76 bits per heavy atom. The Morgan fingerprint density at radius 2 is 2.05 bits per heavy atom. The summed E-state index contributed by atoms with van der Waals surface area (Å²) in [6, 6.07) is 10.5. The van der Waals surface area contributed by atoms with Crippen molar-refractivity contribution in [2.24, 2.45) is 4.99 Å². The van der Waals surface area contributed by atoms with E-state index in [9.17, 15) is 0 Å². The van der Waals surface area contributed by atoms with Crippen molar-refractivity contribution in [1.29, 1.82) is 0 Å². The highest BCUT2D eigenvalue weighted by atomic mass is 15.1. The molecule has 1 fully saturated rings. The van der Waals surface area contributed by atoms with Gasteiger partial charge in [-0.05, 0) is 24.8 Å². The molecule has 21 heavy (non-hydrogen) atoms. The largest absolute Gasteiger partial charge is 0.363 e. The first kappa shape index (κ1) is 13.9. The summed E-state index contributed by atoms with van der Waals surface area (Å²) in [5.41, 5.74) is 2.63.